The summed E-state index contributed by atoms with van der Waals surface area (Å²) in [6.07, 6.45) is -0.965. The molecule has 1 N–H and O–H groups in total. The molecule has 7 nitrogen and oxygen atoms in total. The molecule has 1 atom stereocenters. The molecule has 0 aliphatic carbocycles. The molecule has 1 aromatic carbocycles. The van der Waals surface area contributed by atoms with Crippen LogP contribution in [0.3, 0.4) is 0 Å². The molecule has 25 heavy (non-hydrogen) atoms. The molecule has 2 heterocycles. The minimum atomic E-state index is -0.965. The average Bonchev–Trinajstić information content (AvgIpc) is 2.91. The molecule has 8 heteroatoms. The van der Waals surface area contributed by atoms with Crippen LogP contribution >= 0.6 is 11.3 Å². The van der Waals surface area contributed by atoms with Crippen molar-refractivity contribution >= 4 is 34.7 Å². The fraction of sp³-hybridized carbons (Fsp3) is 0.294. The Balaban J connectivity index is 1.74. The number of rotatable bonds is 4. The summed E-state index contributed by atoms with van der Waals surface area (Å²) in [5.74, 6) is -0.724. The summed E-state index contributed by atoms with van der Waals surface area (Å²) in [4.78, 5) is 40.7. The molecule has 0 fully saturated rings. The standard InChI is InChI=1S/C17H16N2O5S/c1-8-16(25-10(3)18-8)17(22)24-9(2)15(21)11-4-5-13-12(6-11)19-14(20)7-23-13/h4-6,9H,7H2,1-3H3,(H,19,20). The van der Waals surface area contributed by atoms with Gasteiger partial charge in [0.1, 0.15) is 10.6 Å². The average molecular weight is 360 g/mol. The number of aryl methyl sites for hydroxylation is 2. The van der Waals surface area contributed by atoms with Crippen molar-refractivity contribution in [2.24, 2.45) is 0 Å². The van der Waals surface area contributed by atoms with E-state index < -0.39 is 12.1 Å². The molecule has 1 amide bonds. The second-order valence-electron chi connectivity index (χ2n) is 5.61. The highest BCUT2D eigenvalue weighted by Gasteiger charge is 2.25. The Kier molecular flexibility index (Phi) is 4.54. The zero-order valence-corrected chi connectivity index (χ0v) is 14.7. The summed E-state index contributed by atoms with van der Waals surface area (Å²) in [7, 11) is 0. The third kappa shape index (κ3) is 3.53. The molecule has 0 saturated carbocycles. The van der Waals surface area contributed by atoms with Crippen LogP contribution in [0.1, 0.15) is 37.7 Å². The number of nitrogens with zero attached hydrogens (tertiary/aromatic N) is 1. The molecule has 1 aliphatic rings. The van der Waals surface area contributed by atoms with E-state index >= 15 is 0 Å². The van der Waals surface area contributed by atoms with Gasteiger partial charge in [-0.15, -0.1) is 11.3 Å². The molecule has 0 radical (unpaired) electrons. The largest absolute Gasteiger partial charge is 0.482 e. The lowest BCUT2D eigenvalue weighted by Crippen LogP contribution is -2.27. The van der Waals surface area contributed by atoms with Crippen LogP contribution in [0.4, 0.5) is 5.69 Å². The summed E-state index contributed by atoms with van der Waals surface area (Å²) in [5.41, 5.74) is 1.33. The number of ether oxygens (including phenoxy) is 2. The van der Waals surface area contributed by atoms with Crippen molar-refractivity contribution in [1.29, 1.82) is 0 Å². The van der Waals surface area contributed by atoms with Gasteiger partial charge in [-0.05, 0) is 39.0 Å². The van der Waals surface area contributed by atoms with Gasteiger partial charge in [-0.25, -0.2) is 9.78 Å². The predicted octanol–water partition coefficient (Wildman–Crippen LogP) is 2.52. The highest BCUT2D eigenvalue weighted by Crippen LogP contribution is 2.29. The first-order valence-electron chi connectivity index (χ1n) is 7.61. The van der Waals surface area contributed by atoms with E-state index in [4.69, 9.17) is 9.47 Å². The van der Waals surface area contributed by atoms with Crippen LogP contribution in [-0.4, -0.2) is 35.4 Å². The zero-order valence-electron chi connectivity index (χ0n) is 13.9. The molecule has 0 saturated heterocycles. The number of thiazole rings is 1. The number of anilines is 1. The number of ketones is 1. The number of amides is 1. The lowest BCUT2D eigenvalue weighted by atomic mass is 10.1. The van der Waals surface area contributed by atoms with Gasteiger partial charge in [0.25, 0.3) is 5.91 Å². The molecular formula is C17H16N2O5S. The number of hydrogen-bond donors (Lipinski definition) is 1. The Bertz CT molecular complexity index is 874. The molecule has 0 bridgehead atoms. The van der Waals surface area contributed by atoms with Crippen LogP contribution in [0.2, 0.25) is 0 Å². The van der Waals surface area contributed by atoms with E-state index in [1.807, 2.05) is 0 Å². The van der Waals surface area contributed by atoms with Crippen LogP contribution in [0, 0.1) is 13.8 Å². The molecule has 1 aromatic heterocycles. The molecule has 2 aromatic rings. The van der Waals surface area contributed by atoms with E-state index in [0.717, 1.165) is 5.01 Å². The third-order valence-corrected chi connectivity index (χ3v) is 4.69. The van der Waals surface area contributed by atoms with E-state index in [1.165, 1.54) is 24.3 Å². The maximum absolute atomic E-state index is 12.5. The third-order valence-electron chi connectivity index (χ3n) is 3.64. The van der Waals surface area contributed by atoms with Crippen molar-refractivity contribution in [3.8, 4) is 5.75 Å². The molecular weight excluding hydrogens is 344 g/mol. The van der Waals surface area contributed by atoms with Crippen molar-refractivity contribution in [2.75, 3.05) is 11.9 Å². The van der Waals surface area contributed by atoms with Gasteiger partial charge < -0.3 is 14.8 Å². The molecule has 3 rings (SSSR count). The summed E-state index contributed by atoms with van der Waals surface area (Å²) in [5, 5.41) is 3.40. The summed E-state index contributed by atoms with van der Waals surface area (Å²) in [6, 6.07) is 4.69. The Labute approximate surface area is 148 Å². The van der Waals surface area contributed by atoms with E-state index in [2.05, 4.69) is 10.3 Å². The van der Waals surface area contributed by atoms with Gasteiger partial charge in [-0.3, -0.25) is 9.59 Å². The van der Waals surface area contributed by atoms with Crippen LogP contribution < -0.4 is 10.1 Å². The van der Waals surface area contributed by atoms with Crippen LogP contribution in [0.5, 0.6) is 5.75 Å². The number of aromatic nitrogens is 1. The number of carbonyl (C=O) groups excluding carboxylic acids is 3. The lowest BCUT2D eigenvalue weighted by molar-refractivity contribution is -0.118. The summed E-state index contributed by atoms with van der Waals surface area (Å²) in [6.45, 7) is 4.98. The van der Waals surface area contributed by atoms with Crippen LogP contribution in [0.25, 0.3) is 0 Å². The second-order valence-corrected chi connectivity index (χ2v) is 6.81. The van der Waals surface area contributed by atoms with E-state index in [9.17, 15) is 14.4 Å². The Morgan fingerprint density at radius 1 is 1.36 bits per heavy atom. The Morgan fingerprint density at radius 3 is 2.80 bits per heavy atom. The van der Waals surface area contributed by atoms with Gasteiger partial charge in [-0.2, -0.15) is 0 Å². The smallest absolute Gasteiger partial charge is 0.350 e. The first kappa shape index (κ1) is 17.1. The number of carbonyl (C=O) groups is 3. The molecule has 0 spiro atoms. The van der Waals surface area contributed by atoms with Crippen molar-refractivity contribution in [3.05, 3.63) is 39.3 Å². The fourth-order valence-electron chi connectivity index (χ4n) is 2.46. The van der Waals surface area contributed by atoms with Crippen LogP contribution in [0.15, 0.2) is 18.2 Å². The normalized spacial score (nSPS) is 14.1. The van der Waals surface area contributed by atoms with Gasteiger partial charge in [-0.1, -0.05) is 0 Å². The SMILES string of the molecule is Cc1nc(C)c(C(=O)OC(C)C(=O)c2ccc3c(c2)NC(=O)CO3)s1. The van der Waals surface area contributed by atoms with E-state index in [1.54, 1.807) is 26.0 Å². The van der Waals surface area contributed by atoms with Crippen molar-refractivity contribution in [1.82, 2.24) is 4.98 Å². The highest BCUT2D eigenvalue weighted by molar-refractivity contribution is 7.13. The van der Waals surface area contributed by atoms with Crippen molar-refractivity contribution in [3.63, 3.8) is 0 Å². The fourth-order valence-corrected chi connectivity index (χ4v) is 3.26. The molecule has 1 aliphatic heterocycles. The lowest BCUT2D eigenvalue weighted by Gasteiger charge is -2.19. The van der Waals surface area contributed by atoms with Crippen LogP contribution in [-0.2, 0) is 9.53 Å². The highest BCUT2D eigenvalue weighted by atomic mass is 32.1. The van der Waals surface area contributed by atoms with Gasteiger partial charge in [0.05, 0.1) is 16.4 Å². The molecule has 1 unspecified atom stereocenters. The number of nitrogens with one attached hydrogen (secondary N) is 1. The quantitative estimate of drug-likeness (QED) is 0.665. The number of Topliss-reactive ketones (excluding diaryl/α,β-unsaturated/α-hetero) is 1. The summed E-state index contributed by atoms with van der Waals surface area (Å²) >= 11 is 1.23. The zero-order chi connectivity index (χ0) is 18.1. The Hall–Kier alpha value is -2.74. The number of benzene rings is 1. The molecule has 130 valence electrons. The first-order valence-corrected chi connectivity index (χ1v) is 8.42. The Morgan fingerprint density at radius 2 is 2.12 bits per heavy atom. The van der Waals surface area contributed by atoms with Gasteiger partial charge in [0.2, 0.25) is 5.78 Å². The van der Waals surface area contributed by atoms with Gasteiger partial charge in [0, 0.05) is 5.56 Å². The second kappa shape index (κ2) is 6.64. The number of fused-ring (bicyclic) bond motifs is 1. The predicted molar refractivity (Wildman–Crippen MR) is 91.4 cm³/mol. The maximum Gasteiger partial charge on any atom is 0.350 e. The van der Waals surface area contributed by atoms with E-state index in [0.29, 0.717) is 27.6 Å². The summed E-state index contributed by atoms with van der Waals surface area (Å²) < 4.78 is 10.5. The van der Waals surface area contributed by atoms with Gasteiger partial charge >= 0.3 is 5.97 Å². The monoisotopic (exact) mass is 360 g/mol. The number of hydrogen-bond acceptors (Lipinski definition) is 7. The maximum atomic E-state index is 12.5. The topological polar surface area (TPSA) is 94.6 Å². The van der Waals surface area contributed by atoms with Crippen molar-refractivity contribution < 1.29 is 23.9 Å². The first-order chi connectivity index (χ1) is 11.8. The van der Waals surface area contributed by atoms with E-state index in [-0.39, 0.29) is 18.3 Å². The minimum Gasteiger partial charge on any atom is -0.482 e. The van der Waals surface area contributed by atoms with Crippen molar-refractivity contribution in [2.45, 2.75) is 26.9 Å². The number of esters is 1. The minimum absolute atomic E-state index is 0.0536. The van der Waals surface area contributed by atoms with Gasteiger partial charge in [0.15, 0.2) is 12.7 Å².